The third-order valence-corrected chi connectivity index (χ3v) is 2.14. The summed E-state index contributed by atoms with van der Waals surface area (Å²) in [5.41, 5.74) is 0.424. The van der Waals surface area contributed by atoms with Crippen LogP contribution in [-0.2, 0) is 0 Å². The zero-order chi connectivity index (χ0) is 11.8. The van der Waals surface area contributed by atoms with Crippen LogP contribution in [0.5, 0.6) is 5.88 Å². The first kappa shape index (κ1) is 12.6. The topological polar surface area (TPSA) is 59.4 Å². The van der Waals surface area contributed by atoms with Gasteiger partial charge in [-0.1, -0.05) is 6.07 Å². The number of nitrogens with zero attached hydrogens (tertiary/aromatic N) is 1. The third-order valence-electron chi connectivity index (χ3n) is 2.14. The van der Waals surface area contributed by atoms with Crippen LogP contribution in [0.2, 0.25) is 0 Å². The number of hydrogen-bond acceptors (Lipinski definition) is 4. The molecule has 1 aromatic heterocycles. The molecule has 16 heavy (non-hydrogen) atoms. The zero-order valence-electron chi connectivity index (χ0n) is 9.48. The van der Waals surface area contributed by atoms with Crippen molar-refractivity contribution in [1.82, 2.24) is 4.98 Å². The van der Waals surface area contributed by atoms with E-state index in [0.29, 0.717) is 18.2 Å². The van der Waals surface area contributed by atoms with Crippen LogP contribution in [0.3, 0.4) is 0 Å². The van der Waals surface area contributed by atoms with Crippen molar-refractivity contribution in [1.29, 1.82) is 0 Å². The van der Waals surface area contributed by atoms with Crippen LogP contribution >= 0.6 is 0 Å². The Morgan fingerprint density at radius 1 is 1.38 bits per heavy atom. The van der Waals surface area contributed by atoms with Gasteiger partial charge in [-0.15, -0.1) is 0 Å². The van der Waals surface area contributed by atoms with E-state index in [9.17, 15) is 4.79 Å². The first-order chi connectivity index (χ1) is 7.74. The molecule has 0 radical (unpaired) electrons. The summed E-state index contributed by atoms with van der Waals surface area (Å²) in [4.78, 5) is 15.1. The number of aliphatic hydroxyl groups excluding tert-OH is 1. The van der Waals surface area contributed by atoms with Crippen molar-refractivity contribution in [3.05, 3.63) is 23.9 Å². The Bertz CT molecular complexity index is 339. The molecule has 0 atom stereocenters. The second-order valence-electron chi connectivity index (χ2n) is 3.55. The Morgan fingerprint density at radius 2 is 2.19 bits per heavy atom. The highest BCUT2D eigenvalue weighted by molar-refractivity contribution is 5.92. The molecule has 0 saturated heterocycles. The molecular formula is C12H17NO3. The van der Waals surface area contributed by atoms with Crippen LogP contribution in [0, 0.1) is 0 Å². The highest BCUT2D eigenvalue weighted by Crippen LogP contribution is 2.09. The lowest BCUT2D eigenvalue weighted by molar-refractivity contribution is 0.101. The number of unbranched alkanes of at least 4 members (excludes halogenated alkanes) is 2. The number of aromatic nitrogens is 1. The molecule has 0 aromatic carbocycles. The molecule has 0 bridgehead atoms. The fourth-order valence-electron chi connectivity index (χ4n) is 1.26. The van der Waals surface area contributed by atoms with E-state index in [2.05, 4.69) is 4.98 Å². The molecule has 0 aliphatic carbocycles. The number of Topliss-reactive ketones (excluding diaryl/α,β-unsaturated/α-hetero) is 1. The standard InChI is InChI=1S/C12H17NO3/c1-10(15)11-6-5-7-12(13-11)16-9-4-2-3-8-14/h5-7,14H,2-4,8-9H2,1H3. The molecule has 88 valence electrons. The van der Waals surface area contributed by atoms with Gasteiger partial charge in [0.2, 0.25) is 5.88 Å². The van der Waals surface area contributed by atoms with Crippen molar-refractivity contribution in [3.63, 3.8) is 0 Å². The first-order valence-electron chi connectivity index (χ1n) is 5.45. The summed E-state index contributed by atoms with van der Waals surface area (Å²) in [7, 11) is 0. The highest BCUT2D eigenvalue weighted by atomic mass is 16.5. The maximum atomic E-state index is 11.1. The fourth-order valence-corrected chi connectivity index (χ4v) is 1.26. The van der Waals surface area contributed by atoms with Gasteiger partial charge in [-0.25, -0.2) is 4.98 Å². The maximum Gasteiger partial charge on any atom is 0.213 e. The lowest BCUT2D eigenvalue weighted by Crippen LogP contribution is -2.02. The second kappa shape index (κ2) is 6.95. The lowest BCUT2D eigenvalue weighted by Gasteiger charge is -2.05. The predicted molar refractivity (Wildman–Crippen MR) is 60.7 cm³/mol. The summed E-state index contributed by atoms with van der Waals surface area (Å²) in [6.45, 7) is 2.26. The highest BCUT2D eigenvalue weighted by Gasteiger charge is 2.02. The first-order valence-corrected chi connectivity index (χ1v) is 5.45. The lowest BCUT2D eigenvalue weighted by atomic mass is 10.2. The molecule has 1 heterocycles. The van der Waals surface area contributed by atoms with E-state index >= 15 is 0 Å². The van der Waals surface area contributed by atoms with E-state index in [4.69, 9.17) is 9.84 Å². The molecule has 0 saturated carbocycles. The maximum absolute atomic E-state index is 11.1. The van der Waals surface area contributed by atoms with E-state index in [0.717, 1.165) is 19.3 Å². The average molecular weight is 223 g/mol. The Kier molecular flexibility index (Phi) is 5.50. The summed E-state index contributed by atoms with van der Waals surface area (Å²) in [5, 5.41) is 8.59. The van der Waals surface area contributed by atoms with Gasteiger partial charge in [0.1, 0.15) is 5.69 Å². The Hall–Kier alpha value is -1.42. The smallest absolute Gasteiger partial charge is 0.213 e. The molecule has 1 aromatic rings. The van der Waals surface area contributed by atoms with Crippen LogP contribution in [-0.4, -0.2) is 29.1 Å². The molecule has 4 nitrogen and oxygen atoms in total. The van der Waals surface area contributed by atoms with Crippen molar-refractivity contribution in [2.45, 2.75) is 26.2 Å². The molecule has 0 aliphatic rings. The van der Waals surface area contributed by atoms with Crippen LogP contribution < -0.4 is 4.74 Å². The second-order valence-corrected chi connectivity index (χ2v) is 3.55. The molecule has 4 heteroatoms. The molecule has 1 rings (SSSR count). The minimum Gasteiger partial charge on any atom is -0.478 e. The predicted octanol–water partition coefficient (Wildman–Crippen LogP) is 1.83. The summed E-state index contributed by atoms with van der Waals surface area (Å²) in [6.07, 6.45) is 2.61. The zero-order valence-corrected chi connectivity index (χ0v) is 9.48. The fraction of sp³-hybridized carbons (Fsp3) is 0.500. The van der Waals surface area contributed by atoms with Crippen LogP contribution in [0.4, 0.5) is 0 Å². The number of aliphatic hydroxyl groups is 1. The van der Waals surface area contributed by atoms with Crippen molar-refractivity contribution in [2.24, 2.45) is 0 Å². The number of hydrogen-bond donors (Lipinski definition) is 1. The summed E-state index contributed by atoms with van der Waals surface area (Å²) in [6, 6.07) is 5.16. The summed E-state index contributed by atoms with van der Waals surface area (Å²) < 4.78 is 5.40. The van der Waals surface area contributed by atoms with Gasteiger partial charge in [-0.05, 0) is 25.3 Å². The Morgan fingerprint density at radius 3 is 2.88 bits per heavy atom. The van der Waals surface area contributed by atoms with Crippen LogP contribution in [0.25, 0.3) is 0 Å². The molecular weight excluding hydrogens is 206 g/mol. The van der Waals surface area contributed by atoms with E-state index < -0.39 is 0 Å². The summed E-state index contributed by atoms with van der Waals surface area (Å²) >= 11 is 0. The van der Waals surface area contributed by atoms with Gasteiger partial charge in [-0.3, -0.25) is 4.79 Å². The van der Waals surface area contributed by atoms with Gasteiger partial charge in [0, 0.05) is 19.6 Å². The van der Waals surface area contributed by atoms with Crippen molar-refractivity contribution in [2.75, 3.05) is 13.2 Å². The van der Waals surface area contributed by atoms with Crippen LogP contribution in [0.15, 0.2) is 18.2 Å². The normalized spacial score (nSPS) is 10.1. The van der Waals surface area contributed by atoms with Gasteiger partial charge in [0.15, 0.2) is 5.78 Å². The van der Waals surface area contributed by atoms with Crippen molar-refractivity contribution in [3.8, 4) is 5.88 Å². The van der Waals surface area contributed by atoms with Crippen molar-refractivity contribution < 1.29 is 14.6 Å². The van der Waals surface area contributed by atoms with E-state index in [1.54, 1.807) is 18.2 Å². The third kappa shape index (κ3) is 4.40. The SMILES string of the molecule is CC(=O)c1cccc(OCCCCCO)n1. The number of ketones is 1. The Labute approximate surface area is 95.3 Å². The quantitative estimate of drug-likeness (QED) is 0.566. The van der Waals surface area contributed by atoms with Gasteiger partial charge < -0.3 is 9.84 Å². The summed E-state index contributed by atoms with van der Waals surface area (Å²) in [5.74, 6) is 0.419. The molecule has 1 N–H and O–H groups in total. The minimum atomic E-state index is -0.0641. The van der Waals surface area contributed by atoms with Gasteiger partial charge in [0.05, 0.1) is 6.61 Å². The monoisotopic (exact) mass is 223 g/mol. The van der Waals surface area contributed by atoms with E-state index in [-0.39, 0.29) is 12.4 Å². The largest absolute Gasteiger partial charge is 0.478 e. The van der Waals surface area contributed by atoms with Gasteiger partial charge in [-0.2, -0.15) is 0 Å². The van der Waals surface area contributed by atoms with Crippen molar-refractivity contribution >= 4 is 5.78 Å². The van der Waals surface area contributed by atoms with Gasteiger partial charge >= 0.3 is 0 Å². The number of rotatable bonds is 7. The number of carbonyl (C=O) groups is 1. The molecule has 0 unspecified atom stereocenters. The molecule has 0 aliphatic heterocycles. The Balaban J connectivity index is 2.36. The molecule has 0 amide bonds. The minimum absolute atomic E-state index is 0.0641. The number of carbonyl (C=O) groups excluding carboxylic acids is 1. The molecule has 0 spiro atoms. The van der Waals surface area contributed by atoms with Crippen LogP contribution in [0.1, 0.15) is 36.7 Å². The molecule has 0 fully saturated rings. The number of ether oxygens (including phenoxy) is 1. The van der Waals surface area contributed by atoms with Gasteiger partial charge in [0.25, 0.3) is 0 Å². The number of pyridine rings is 1. The average Bonchev–Trinajstić information content (AvgIpc) is 2.29. The van der Waals surface area contributed by atoms with E-state index in [1.165, 1.54) is 6.92 Å². The van der Waals surface area contributed by atoms with E-state index in [1.807, 2.05) is 0 Å².